The predicted molar refractivity (Wildman–Crippen MR) is 73.8 cm³/mol. The van der Waals surface area contributed by atoms with Crippen LogP contribution in [-0.4, -0.2) is 14.6 Å². The first-order valence-electron chi connectivity index (χ1n) is 6.38. The van der Waals surface area contributed by atoms with Gasteiger partial charge in [0, 0.05) is 12.1 Å². The molecular weight excluding hydrogens is 317 g/mol. The number of hydrogen-bond donors (Lipinski definition) is 1. The van der Waals surface area contributed by atoms with E-state index in [0.29, 0.717) is 0 Å². The van der Waals surface area contributed by atoms with Gasteiger partial charge in [0.25, 0.3) is 11.2 Å². The standard InChI is InChI=1S/C14H11F3N2O4/c15-14(16,17)10-3-1-9(2-4-10)12(20)8-18-7-11(19(22)23)5-6-13(18)21/h1-7,12,20H,8H2/t12-/m0/s1. The highest BCUT2D eigenvalue weighted by molar-refractivity contribution is 5.27. The minimum atomic E-state index is -4.49. The van der Waals surface area contributed by atoms with Crippen LogP contribution in [0.2, 0.25) is 0 Å². The second-order valence-electron chi connectivity index (χ2n) is 4.77. The van der Waals surface area contributed by atoms with Gasteiger partial charge in [-0.1, -0.05) is 12.1 Å². The van der Waals surface area contributed by atoms with Crippen molar-refractivity contribution in [2.75, 3.05) is 0 Å². The highest BCUT2D eigenvalue weighted by atomic mass is 19.4. The SMILES string of the molecule is O=c1ccc([N+](=O)[O-])cn1C[C@H](O)c1ccc(C(F)(F)F)cc1. The number of aliphatic hydroxyl groups is 1. The summed E-state index contributed by atoms with van der Waals surface area (Å²) in [5.74, 6) is 0. The Morgan fingerprint density at radius 1 is 1.17 bits per heavy atom. The van der Waals surface area contributed by atoms with Crippen molar-refractivity contribution in [3.05, 3.63) is 74.2 Å². The lowest BCUT2D eigenvalue weighted by atomic mass is 10.1. The van der Waals surface area contributed by atoms with Gasteiger partial charge in [-0.2, -0.15) is 13.2 Å². The lowest BCUT2D eigenvalue weighted by Gasteiger charge is -2.14. The molecule has 0 amide bonds. The third kappa shape index (κ3) is 3.95. The fraction of sp³-hybridized carbons (Fsp3) is 0.214. The maximum atomic E-state index is 12.5. The number of hydrogen-bond acceptors (Lipinski definition) is 4. The Balaban J connectivity index is 2.22. The van der Waals surface area contributed by atoms with E-state index in [2.05, 4.69) is 0 Å². The quantitative estimate of drug-likeness (QED) is 0.690. The third-order valence-electron chi connectivity index (χ3n) is 3.17. The molecule has 1 aromatic heterocycles. The van der Waals surface area contributed by atoms with E-state index >= 15 is 0 Å². The zero-order valence-corrected chi connectivity index (χ0v) is 11.5. The molecule has 0 saturated carbocycles. The van der Waals surface area contributed by atoms with Crippen molar-refractivity contribution in [1.29, 1.82) is 0 Å². The van der Waals surface area contributed by atoms with Gasteiger partial charge in [-0.3, -0.25) is 14.9 Å². The van der Waals surface area contributed by atoms with Gasteiger partial charge in [-0.25, -0.2) is 0 Å². The van der Waals surface area contributed by atoms with Crippen LogP contribution in [0.25, 0.3) is 0 Å². The summed E-state index contributed by atoms with van der Waals surface area (Å²) in [6.07, 6.45) is -4.80. The average molecular weight is 328 g/mol. The molecule has 0 aliphatic heterocycles. The van der Waals surface area contributed by atoms with Crippen molar-refractivity contribution in [2.24, 2.45) is 0 Å². The Morgan fingerprint density at radius 2 is 1.78 bits per heavy atom. The van der Waals surface area contributed by atoms with Gasteiger partial charge in [0.15, 0.2) is 0 Å². The summed E-state index contributed by atoms with van der Waals surface area (Å²) < 4.78 is 38.3. The molecule has 6 nitrogen and oxygen atoms in total. The molecule has 0 bridgehead atoms. The topological polar surface area (TPSA) is 85.4 Å². The molecule has 0 saturated heterocycles. The number of nitro groups is 1. The van der Waals surface area contributed by atoms with Crippen LogP contribution in [0.3, 0.4) is 0 Å². The average Bonchev–Trinajstić information content (AvgIpc) is 2.48. The van der Waals surface area contributed by atoms with Gasteiger partial charge in [0.05, 0.1) is 29.3 Å². The van der Waals surface area contributed by atoms with E-state index in [1.54, 1.807) is 0 Å². The Kier molecular flexibility index (Phi) is 4.50. The Labute approximate surface area is 127 Å². The maximum absolute atomic E-state index is 12.5. The molecule has 0 aliphatic carbocycles. The number of rotatable bonds is 4. The summed E-state index contributed by atoms with van der Waals surface area (Å²) in [6.45, 7) is -0.314. The van der Waals surface area contributed by atoms with E-state index < -0.39 is 28.3 Å². The number of halogens is 3. The summed E-state index contributed by atoms with van der Waals surface area (Å²) in [5.41, 5.74) is -1.59. The fourth-order valence-electron chi connectivity index (χ4n) is 1.96. The van der Waals surface area contributed by atoms with Gasteiger partial charge in [-0.05, 0) is 17.7 Å². The van der Waals surface area contributed by atoms with Gasteiger partial charge < -0.3 is 9.67 Å². The number of benzene rings is 1. The van der Waals surface area contributed by atoms with E-state index in [9.17, 15) is 33.2 Å². The second kappa shape index (κ2) is 6.21. The van der Waals surface area contributed by atoms with Gasteiger partial charge >= 0.3 is 6.18 Å². The number of aliphatic hydroxyl groups excluding tert-OH is 1. The van der Waals surface area contributed by atoms with Crippen LogP contribution in [0.1, 0.15) is 17.2 Å². The highest BCUT2D eigenvalue weighted by Gasteiger charge is 2.30. The molecule has 1 atom stereocenters. The molecule has 9 heteroatoms. The van der Waals surface area contributed by atoms with Crippen molar-refractivity contribution >= 4 is 5.69 Å². The highest BCUT2D eigenvalue weighted by Crippen LogP contribution is 2.30. The molecule has 2 rings (SSSR count). The van der Waals surface area contributed by atoms with E-state index in [1.165, 1.54) is 0 Å². The van der Waals surface area contributed by atoms with Crippen molar-refractivity contribution in [3.8, 4) is 0 Å². The summed E-state index contributed by atoms with van der Waals surface area (Å²) in [4.78, 5) is 21.6. The smallest absolute Gasteiger partial charge is 0.387 e. The first-order chi connectivity index (χ1) is 10.7. The van der Waals surface area contributed by atoms with Crippen molar-refractivity contribution in [2.45, 2.75) is 18.8 Å². The Morgan fingerprint density at radius 3 is 2.30 bits per heavy atom. The lowest BCUT2D eigenvalue weighted by Crippen LogP contribution is -2.22. The minimum absolute atomic E-state index is 0.163. The van der Waals surface area contributed by atoms with Gasteiger partial charge in [0.1, 0.15) is 0 Å². The minimum Gasteiger partial charge on any atom is -0.387 e. The summed E-state index contributed by atoms with van der Waals surface area (Å²) in [7, 11) is 0. The van der Waals surface area contributed by atoms with Crippen LogP contribution in [0.4, 0.5) is 18.9 Å². The lowest BCUT2D eigenvalue weighted by molar-refractivity contribution is -0.385. The molecule has 0 fully saturated rings. The third-order valence-corrected chi connectivity index (χ3v) is 3.17. The van der Waals surface area contributed by atoms with Gasteiger partial charge in [-0.15, -0.1) is 0 Å². The van der Waals surface area contributed by atoms with E-state index in [4.69, 9.17) is 0 Å². The summed E-state index contributed by atoms with van der Waals surface area (Å²) >= 11 is 0. The molecule has 0 spiro atoms. The van der Waals surface area contributed by atoms with E-state index in [0.717, 1.165) is 47.2 Å². The zero-order valence-electron chi connectivity index (χ0n) is 11.5. The molecule has 2 aromatic rings. The first kappa shape index (κ1) is 16.7. The van der Waals surface area contributed by atoms with Gasteiger partial charge in [0.2, 0.25) is 0 Å². The van der Waals surface area contributed by atoms with Crippen LogP contribution in [0, 0.1) is 10.1 Å². The molecule has 23 heavy (non-hydrogen) atoms. The molecule has 1 aromatic carbocycles. The zero-order chi connectivity index (χ0) is 17.2. The van der Waals surface area contributed by atoms with Crippen LogP contribution in [-0.2, 0) is 12.7 Å². The summed E-state index contributed by atoms with van der Waals surface area (Å²) in [5, 5.41) is 20.7. The normalized spacial score (nSPS) is 12.9. The van der Waals surface area contributed by atoms with E-state index in [-0.39, 0.29) is 17.8 Å². The number of pyridine rings is 1. The molecule has 1 heterocycles. The monoisotopic (exact) mass is 328 g/mol. The van der Waals surface area contributed by atoms with Crippen molar-refractivity contribution in [1.82, 2.24) is 4.57 Å². The Bertz CT molecular complexity index is 769. The molecule has 122 valence electrons. The van der Waals surface area contributed by atoms with E-state index in [1.807, 2.05) is 0 Å². The molecule has 0 radical (unpaired) electrons. The fourth-order valence-corrected chi connectivity index (χ4v) is 1.96. The van der Waals surface area contributed by atoms with Crippen LogP contribution in [0.15, 0.2) is 47.4 Å². The Hall–Kier alpha value is -2.68. The first-order valence-corrected chi connectivity index (χ1v) is 6.38. The molecular formula is C14H11F3N2O4. The molecule has 1 N–H and O–H groups in total. The summed E-state index contributed by atoms with van der Waals surface area (Å²) in [6, 6.07) is 5.83. The largest absolute Gasteiger partial charge is 0.416 e. The number of alkyl halides is 3. The molecule has 0 unspecified atom stereocenters. The molecule has 0 aliphatic rings. The second-order valence-corrected chi connectivity index (χ2v) is 4.77. The predicted octanol–water partition coefficient (Wildman–Crippen LogP) is 2.51. The maximum Gasteiger partial charge on any atom is 0.416 e. The van der Waals surface area contributed by atoms with Crippen LogP contribution in [0.5, 0.6) is 0 Å². The van der Waals surface area contributed by atoms with Crippen LogP contribution < -0.4 is 5.56 Å². The van der Waals surface area contributed by atoms with Crippen LogP contribution >= 0.6 is 0 Å². The number of nitrogens with zero attached hydrogens (tertiary/aromatic N) is 2. The number of aromatic nitrogens is 1. The van der Waals surface area contributed by atoms with Crippen molar-refractivity contribution in [3.63, 3.8) is 0 Å². The van der Waals surface area contributed by atoms with Crippen molar-refractivity contribution < 1.29 is 23.2 Å².